The van der Waals surface area contributed by atoms with Crippen molar-refractivity contribution in [1.29, 1.82) is 0 Å². The van der Waals surface area contributed by atoms with Crippen LogP contribution in [-0.4, -0.2) is 38.4 Å². The minimum absolute atomic E-state index is 0.363. The highest BCUT2D eigenvalue weighted by atomic mass is 35.5. The number of methoxy groups -OCH3 is 3. The molecule has 7 nitrogen and oxygen atoms in total. The molecule has 0 aliphatic carbocycles. The lowest BCUT2D eigenvalue weighted by atomic mass is 10.0. The molecule has 0 aliphatic heterocycles. The van der Waals surface area contributed by atoms with Gasteiger partial charge in [-0.05, 0) is 36.4 Å². The van der Waals surface area contributed by atoms with E-state index in [9.17, 15) is 4.79 Å². The predicted molar refractivity (Wildman–Crippen MR) is 133 cm³/mol. The number of pyridine rings is 1. The van der Waals surface area contributed by atoms with Gasteiger partial charge in [-0.25, -0.2) is 10.4 Å². The largest absolute Gasteiger partial charge is 0.493 e. The Labute approximate surface area is 201 Å². The second-order valence-electron chi connectivity index (χ2n) is 7.24. The first kappa shape index (κ1) is 23.1. The molecule has 1 aromatic heterocycles. The third-order valence-corrected chi connectivity index (χ3v) is 5.42. The van der Waals surface area contributed by atoms with Crippen LogP contribution in [0.2, 0.25) is 5.02 Å². The molecule has 0 fully saturated rings. The first-order valence-corrected chi connectivity index (χ1v) is 10.7. The minimum Gasteiger partial charge on any atom is -0.493 e. The van der Waals surface area contributed by atoms with Crippen LogP contribution in [0, 0.1) is 0 Å². The molecule has 0 atom stereocenters. The summed E-state index contributed by atoms with van der Waals surface area (Å²) in [6, 6.07) is 20.0. The van der Waals surface area contributed by atoms with E-state index in [1.807, 2.05) is 36.4 Å². The number of hydrogen-bond acceptors (Lipinski definition) is 6. The zero-order valence-corrected chi connectivity index (χ0v) is 19.6. The van der Waals surface area contributed by atoms with Crippen LogP contribution in [0.15, 0.2) is 71.8 Å². The minimum atomic E-state index is -0.363. The molecule has 4 aromatic rings. The number of hydrogen-bond donors (Lipinski definition) is 1. The normalized spacial score (nSPS) is 10.9. The quantitative estimate of drug-likeness (QED) is 0.288. The van der Waals surface area contributed by atoms with Crippen molar-refractivity contribution in [2.75, 3.05) is 21.3 Å². The smallest absolute Gasteiger partial charge is 0.272 e. The van der Waals surface area contributed by atoms with Crippen molar-refractivity contribution < 1.29 is 19.0 Å². The molecule has 0 radical (unpaired) electrons. The van der Waals surface area contributed by atoms with Crippen molar-refractivity contribution in [3.8, 4) is 28.5 Å². The Morgan fingerprint density at radius 1 is 0.941 bits per heavy atom. The standard InChI is InChI=1S/C26H22ClN3O4/c1-32-23-12-16(13-24(33-2)25(23)34-3)15-28-30-26(31)20-14-22(17-8-10-18(27)11-9-17)29-21-7-5-4-6-19(20)21/h4-15H,1-3H3,(H,30,31)/b28-15-. The maximum atomic E-state index is 13.1. The van der Waals surface area contributed by atoms with Crippen molar-refractivity contribution in [2.24, 2.45) is 5.10 Å². The van der Waals surface area contributed by atoms with Gasteiger partial charge >= 0.3 is 0 Å². The summed E-state index contributed by atoms with van der Waals surface area (Å²) in [5.41, 5.74) is 5.93. The van der Waals surface area contributed by atoms with Gasteiger partial charge in [0.15, 0.2) is 11.5 Å². The number of benzene rings is 3. The maximum Gasteiger partial charge on any atom is 0.272 e. The zero-order valence-electron chi connectivity index (χ0n) is 18.8. The second-order valence-corrected chi connectivity index (χ2v) is 7.67. The molecule has 172 valence electrons. The number of rotatable bonds is 7. The number of aromatic nitrogens is 1. The van der Waals surface area contributed by atoms with Crippen LogP contribution >= 0.6 is 11.6 Å². The fourth-order valence-electron chi connectivity index (χ4n) is 3.53. The Morgan fingerprint density at radius 3 is 2.26 bits per heavy atom. The number of hydrazone groups is 1. The number of halogens is 1. The van der Waals surface area contributed by atoms with Crippen LogP contribution in [0.5, 0.6) is 17.2 Å². The van der Waals surface area contributed by atoms with E-state index in [2.05, 4.69) is 10.5 Å². The molecule has 1 amide bonds. The summed E-state index contributed by atoms with van der Waals surface area (Å²) in [7, 11) is 4.60. The van der Waals surface area contributed by atoms with Gasteiger partial charge in [0, 0.05) is 21.5 Å². The topological polar surface area (TPSA) is 82.0 Å². The van der Waals surface area contributed by atoms with Gasteiger partial charge in [-0.1, -0.05) is 41.9 Å². The third-order valence-electron chi connectivity index (χ3n) is 5.17. The molecule has 3 aromatic carbocycles. The molecule has 0 aliphatic rings. The Hall–Kier alpha value is -4.10. The summed E-state index contributed by atoms with van der Waals surface area (Å²) in [6.07, 6.45) is 1.51. The molecule has 0 saturated heterocycles. The lowest BCUT2D eigenvalue weighted by molar-refractivity contribution is 0.0956. The number of fused-ring (bicyclic) bond motifs is 1. The Balaban J connectivity index is 1.64. The summed E-state index contributed by atoms with van der Waals surface area (Å²) < 4.78 is 16.0. The van der Waals surface area contributed by atoms with Crippen molar-refractivity contribution in [3.63, 3.8) is 0 Å². The Kier molecular flexibility index (Phi) is 6.94. The van der Waals surface area contributed by atoms with Crippen molar-refractivity contribution >= 4 is 34.6 Å². The second kappa shape index (κ2) is 10.2. The van der Waals surface area contributed by atoms with E-state index in [1.165, 1.54) is 27.5 Å². The van der Waals surface area contributed by atoms with Crippen molar-refractivity contribution in [3.05, 3.63) is 82.9 Å². The van der Waals surface area contributed by atoms with Crippen LogP contribution in [-0.2, 0) is 0 Å². The van der Waals surface area contributed by atoms with Gasteiger partial charge in [-0.15, -0.1) is 0 Å². The fourth-order valence-corrected chi connectivity index (χ4v) is 3.66. The van der Waals surface area contributed by atoms with E-state index in [0.717, 1.165) is 10.9 Å². The van der Waals surface area contributed by atoms with E-state index in [4.69, 9.17) is 30.8 Å². The summed E-state index contributed by atoms with van der Waals surface area (Å²) in [6.45, 7) is 0. The van der Waals surface area contributed by atoms with Crippen molar-refractivity contribution in [1.82, 2.24) is 10.4 Å². The summed E-state index contributed by atoms with van der Waals surface area (Å²) in [5.74, 6) is 1.09. The Bertz CT molecular complexity index is 1350. The van der Waals surface area contributed by atoms with E-state index < -0.39 is 0 Å². The highest BCUT2D eigenvalue weighted by Crippen LogP contribution is 2.37. The van der Waals surface area contributed by atoms with Gasteiger partial charge in [0.1, 0.15) is 0 Å². The zero-order chi connectivity index (χ0) is 24.1. The maximum absolute atomic E-state index is 13.1. The van der Waals surface area contributed by atoms with Crippen LogP contribution in [0.4, 0.5) is 0 Å². The van der Waals surface area contributed by atoms with Crippen LogP contribution in [0.3, 0.4) is 0 Å². The van der Waals surface area contributed by atoms with E-state index in [1.54, 1.807) is 30.3 Å². The van der Waals surface area contributed by atoms with Gasteiger partial charge in [-0.3, -0.25) is 4.79 Å². The third kappa shape index (κ3) is 4.79. The molecular formula is C26H22ClN3O4. The van der Waals surface area contributed by atoms with Gasteiger partial charge in [0.25, 0.3) is 5.91 Å². The number of carbonyl (C=O) groups excluding carboxylic acids is 1. The molecule has 0 saturated carbocycles. The lowest BCUT2D eigenvalue weighted by Crippen LogP contribution is -2.18. The summed E-state index contributed by atoms with van der Waals surface area (Å²) in [4.78, 5) is 17.8. The van der Waals surface area contributed by atoms with Gasteiger partial charge < -0.3 is 14.2 Å². The molecule has 0 bridgehead atoms. The SMILES string of the molecule is COc1cc(/C=N\NC(=O)c2cc(-c3ccc(Cl)cc3)nc3ccccc23)cc(OC)c1OC. The molecule has 1 N–H and O–H groups in total. The van der Waals surface area contributed by atoms with E-state index >= 15 is 0 Å². The van der Waals surface area contributed by atoms with Gasteiger partial charge in [0.05, 0.1) is 44.3 Å². The number of para-hydroxylation sites is 1. The fraction of sp³-hybridized carbons (Fsp3) is 0.115. The summed E-state index contributed by atoms with van der Waals surface area (Å²) >= 11 is 6.02. The lowest BCUT2D eigenvalue weighted by Gasteiger charge is -2.12. The first-order valence-electron chi connectivity index (χ1n) is 10.3. The average molecular weight is 476 g/mol. The molecule has 0 unspecified atom stereocenters. The first-order chi connectivity index (χ1) is 16.5. The Morgan fingerprint density at radius 2 is 1.62 bits per heavy atom. The molecule has 34 heavy (non-hydrogen) atoms. The molecule has 1 heterocycles. The summed E-state index contributed by atoms with van der Waals surface area (Å²) in [5, 5.41) is 5.48. The highest BCUT2D eigenvalue weighted by molar-refractivity contribution is 6.30. The monoisotopic (exact) mass is 475 g/mol. The number of carbonyl (C=O) groups is 1. The van der Waals surface area contributed by atoms with Crippen LogP contribution in [0.1, 0.15) is 15.9 Å². The van der Waals surface area contributed by atoms with E-state index in [0.29, 0.717) is 44.6 Å². The van der Waals surface area contributed by atoms with Crippen molar-refractivity contribution in [2.45, 2.75) is 0 Å². The molecular weight excluding hydrogens is 454 g/mol. The molecule has 0 spiro atoms. The molecule has 8 heteroatoms. The number of amides is 1. The number of nitrogens with one attached hydrogen (secondary N) is 1. The number of ether oxygens (including phenoxy) is 3. The average Bonchev–Trinajstić information content (AvgIpc) is 2.87. The highest BCUT2D eigenvalue weighted by Gasteiger charge is 2.15. The molecule has 4 rings (SSSR count). The number of nitrogens with zero attached hydrogens (tertiary/aromatic N) is 2. The van der Waals surface area contributed by atoms with Crippen LogP contribution < -0.4 is 19.6 Å². The van der Waals surface area contributed by atoms with Gasteiger partial charge in [-0.2, -0.15) is 5.10 Å². The van der Waals surface area contributed by atoms with Gasteiger partial charge in [0.2, 0.25) is 5.75 Å². The van der Waals surface area contributed by atoms with E-state index in [-0.39, 0.29) is 5.91 Å². The van der Waals surface area contributed by atoms with Crippen LogP contribution in [0.25, 0.3) is 22.2 Å². The predicted octanol–water partition coefficient (Wildman–Crippen LogP) is 5.34.